The number of thiocarbonyl (C=S) groups is 1. The Morgan fingerprint density at radius 3 is 2.42 bits per heavy atom. The lowest BCUT2D eigenvalue weighted by atomic mass is 10.1. The third kappa shape index (κ3) is 6.96. The van der Waals surface area contributed by atoms with Crippen LogP contribution in [0.2, 0.25) is 0 Å². The normalized spacial score (nSPS) is 16.0. The second-order valence-corrected chi connectivity index (χ2v) is 8.00. The highest BCUT2D eigenvalue weighted by molar-refractivity contribution is 8.26. The van der Waals surface area contributed by atoms with E-state index in [0.717, 1.165) is 51.4 Å². The molecule has 1 amide bonds. The molecular formula is C19H25NO4S2. The van der Waals surface area contributed by atoms with E-state index in [2.05, 4.69) is 0 Å². The number of aliphatic carboxylic acids is 1. The highest BCUT2D eigenvalue weighted by Gasteiger charge is 2.31. The van der Waals surface area contributed by atoms with E-state index < -0.39 is 5.97 Å². The van der Waals surface area contributed by atoms with E-state index in [1.165, 1.54) is 11.8 Å². The average molecular weight is 396 g/mol. The Bertz CT molecular complexity index is 640. The van der Waals surface area contributed by atoms with Crippen molar-refractivity contribution in [1.82, 2.24) is 4.90 Å². The molecule has 7 heteroatoms. The van der Waals surface area contributed by atoms with Gasteiger partial charge in [0.1, 0.15) is 10.1 Å². The van der Waals surface area contributed by atoms with Crippen LogP contribution in [0.25, 0.3) is 6.08 Å². The molecule has 2 rings (SSSR count). The largest absolute Gasteiger partial charge is 0.481 e. The van der Waals surface area contributed by atoms with E-state index >= 15 is 0 Å². The standard InChI is InChI=1S/C19H25NO4S2/c21-17(22)11-7-5-3-1-2-4-6-8-12-20-18(23)16(26-19(20)25)14-15-10-9-13-24-15/h9-10,13-14H,1-8,11-12H2,(H,21,22)/b16-14-. The predicted molar refractivity (Wildman–Crippen MR) is 108 cm³/mol. The number of carboxylic acid groups (broad SMARTS) is 1. The summed E-state index contributed by atoms with van der Waals surface area (Å²) in [5.41, 5.74) is 0. The van der Waals surface area contributed by atoms with E-state index in [9.17, 15) is 9.59 Å². The van der Waals surface area contributed by atoms with Gasteiger partial charge >= 0.3 is 5.97 Å². The summed E-state index contributed by atoms with van der Waals surface area (Å²) in [6, 6.07) is 3.60. The van der Waals surface area contributed by atoms with Gasteiger partial charge < -0.3 is 9.52 Å². The van der Waals surface area contributed by atoms with E-state index in [4.69, 9.17) is 21.7 Å². The van der Waals surface area contributed by atoms with Crippen LogP contribution in [0.1, 0.15) is 63.5 Å². The maximum Gasteiger partial charge on any atom is 0.303 e. The van der Waals surface area contributed by atoms with Gasteiger partial charge in [-0.05, 0) is 25.0 Å². The monoisotopic (exact) mass is 395 g/mol. The highest BCUT2D eigenvalue weighted by Crippen LogP contribution is 2.32. The molecule has 1 saturated heterocycles. The quantitative estimate of drug-likeness (QED) is 0.302. The first-order valence-electron chi connectivity index (χ1n) is 9.08. The van der Waals surface area contributed by atoms with Crippen LogP contribution in [0.5, 0.6) is 0 Å². The van der Waals surface area contributed by atoms with Gasteiger partial charge in [0.15, 0.2) is 0 Å². The molecule has 2 heterocycles. The molecular weight excluding hydrogens is 370 g/mol. The zero-order chi connectivity index (χ0) is 18.8. The van der Waals surface area contributed by atoms with E-state index in [-0.39, 0.29) is 12.3 Å². The molecule has 0 atom stereocenters. The summed E-state index contributed by atoms with van der Waals surface area (Å²) in [5, 5.41) is 8.57. The lowest BCUT2D eigenvalue weighted by Gasteiger charge is -2.14. The first-order valence-corrected chi connectivity index (χ1v) is 10.3. The van der Waals surface area contributed by atoms with Gasteiger partial charge in [-0.3, -0.25) is 14.5 Å². The first-order chi connectivity index (χ1) is 12.6. The zero-order valence-corrected chi connectivity index (χ0v) is 16.4. The Hall–Kier alpha value is -1.60. The number of carbonyl (C=O) groups excluding carboxylic acids is 1. The molecule has 26 heavy (non-hydrogen) atoms. The number of unbranched alkanes of at least 4 members (excludes halogenated alkanes) is 7. The van der Waals surface area contributed by atoms with Crippen LogP contribution in [0, 0.1) is 0 Å². The number of thioether (sulfide) groups is 1. The summed E-state index contributed by atoms with van der Waals surface area (Å²) < 4.78 is 5.87. The van der Waals surface area contributed by atoms with E-state index in [0.29, 0.717) is 21.5 Å². The second-order valence-electron chi connectivity index (χ2n) is 6.32. The molecule has 0 saturated carbocycles. The van der Waals surface area contributed by atoms with Crippen LogP contribution in [0.3, 0.4) is 0 Å². The van der Waals surface area contributed by atoms with Crippen molar-refractivity contribution in [2.24, 2.45) is 0 Å². The van der Waals surface area contributed by atoms with Gasteiger partial charge in [0.05, 0.1) is 11.2 Å². The summed E-state index contributed by atoms with van der Waals surface area (Å²) >= 11 is 6.65. The van der Waals surface area contributed by atoms with Crippen LogP contribution in [0.15, 0.2) is 27.7 Å². The van der Waals surface area contributed by atoms with Gasteiger partial charge in [0, 0.05) is 19.0 Å². The molecule has 1 aromatic heterocycles. The molecule has 0 unspecified atom stereocenters. The number of hydrogen-bond acceptors (Lipinski definition) is 5. The Kier molecular flexibility index (Phi) is 8.91. The third-order valence-electron chi connectivity index (χ3n) is 4.21. The van der Waals surface area contributed by atoms with Crippen molar-refractivity contribution in [3.63, 3.8) is 0 Å². The Balaban J connectivity index is 1.57. The van der Waals surface area contributed by atoms with Gasteiger partial charge in [-0.2, -0.15) is 0 Å². The Labute approximate surface area is 163 Å². The minimum absolute atomic E-state index is 0.0326. The predicted octanol–water partition coefficient (Wildman–Crippen LogP) is 5.08. The molecule has 0 aliphatic carbocycles. The van der Waals surface area contributed by atoms with E-state index in [1.807, 2.05) is 6.07 Å². The lowest BCUT2D eigenvalue weighted by Crippen LogP contribution is -2.28. The van der Waals surface area contributed by atoms with Crippen molar-refractivity contribution < 1.29 is 19.1 Å². The van der Waals surface area contributed by atoms with Crippen LogP contribution in [-0.4, -0.2) is 32.7 Å². The molecule has 0 radical (unpaired) electrons. The van der Waals surface area contributed by atoms with E-state index in [1.54, 1.807) is 23.3 Å². The maximum atomic E-state index is 12.4. The van der Waals surface area contributed by atoms with Gasteiger partial charge in [-0.1, -0.05) is 62.5 Å². The minimum Gasteiger partial charge on any atom is -0.481 e. The maximum absolute atomic E-state index is 12.4. The Morgan fingerprint density at radius 1 is 1.15 bits per heavy atom. The van der Waals surface area contributed by atoms with Gasteiger partial charge in [-0.15, -0.1) is 0 Å². The topological polar surface area (TPSA) is 70.8 Å². The number of rotatable bonds is 12. The van der Waals surface area contributed by atoms with Crippen LogP contribution < -0.4 is 0 Å². The van der Waals surface area contributed by atoms with Crippen LogP contribution in [0.4, 0.5) is 0 Å². The van der Waals surface area contributed by atoms with Crippen molar-refractivity contribution in [3.05, 3.63) is 29.1 Å². The summed E-state index contributed by atoms with van der Waals surface area (Å²) in [4.78, 5) is 25.1. The molecule has 0 spiro atoms. The van der Waals surface area contributed by atoms with Crippen molar-refractivity contribution >= 4 is 46.3 Å². The molecule has 0 aromatic carbocycles. The lowest BCUT2D eigenvalue weighted by molar-refractivity contribution is -0.137. The van der Waals surface area contributed by atoms with Gasteiger partial charge in [0.2, 0.25) is 0 Å². The fraction of sp³-hybridized carbons (Fsp3) is 0.526. The average Bonchev–Trinajstić information content (AvgIpc) is 3.19. The molecule has 1 aliphatic rings. The smallest absolute Gasteiger partial charge is 0.303 e. The number of carboxylic acids is 1. The molecule has 1 aromatic rings. The number of furan rings is 1. The fourth-order valence-corrected chi connectivity index (χ4v) is 4.09. The number of hydrogen-bond donors (Lipinski definition) is 1. The molecule has 142 valence electrons. The van der Waals surface area contributed by atoms with Crippen LogP contribution in [-0.2, 0) is 9.59 Å². The summed E-state index contributed by atoms with van der Waals surface area (Å²) in [6.07, 6.45) is 11.9. The van der Waals surface area contributed by atoms with Gasteiger partial charge in [-0.25, -0.2) is 0 Å². The van der Waals surface area contributed by atoms with Crippen LogP contribution >= 0.6 is 24.0 Å². The number of carbonyl (C=O) groups is 2. The second kappa shape index (κ2) is 11.2. The van der Waals surface area contributed by atoms with Crippen molar-refractivity contribution in [2.45, 2.75) is 57.8 Å². The number of nitrogens with zero attached hydrogens (tertiary/aromatic N) is 1. The molecule has 0 bridgehead atoms. The first kappa shape index (κ1) is 20.7. The molecule has 1 aliphatic heterocycles. The summed E-state index contributed by atoms with van der Waals surface area (Å²) in [6.45, 7) is 0.665. The molecule has 1 fully saturated rings. The summed E-state index contributed by atoms with van der Waals surface area (Å²) in [7, 11) is 0. The summed E-state index contributed by atoms with van der Waals surface area (Å²) in [5.74, 6) is -0.0802. The zero-order valence-electron chi connectivity index (χ0n) is 14.8. The Morgan fingerprint density at radius 2 is 1.81 bits per heavy atom. The SMILES string of the molecule is O=C(O)CCCCCCCCCCN1C(=O)/C(=C/c2ccco2)SC1=S. The molecule has 1 N–H and O–H groups in total. The third-order valence-corrected chi connectivity index (χ3v) is 5.59. The van der Waals surface area contributed by atoms with Crippen molar-refractivity contribution in [1.29, 1.82) is 0 Å². The molecule has 5 nitrogen and oxygen atoms in total. The fourth-order valence-electron chi connectivity index (χ4n) is 2.80. The number of amides is 1. The van der Waals surface area contributed by atoms with Crippen molar-refractivity contribution in [2.75, 3.05) is 6.54 Å². The van der Waals surface area contributed by atoms with Gasteiger partial charge in [0.25, 0.3) is 5.91 Å². The van der Waals surface area contributed by atoms with Crippen molar-refractivity contribution in [3.8, 4) is 0 Å². The highest BCUT2D eigenvalue weighted by atomic mass is 32.2. The minimum atomic E-state index is -0.709.